The van der Waals surface area contributed by atoms with E-state index in [0.29, 0.717) is 10.9 Å². The lowest BCUT2D eigenvalue weighted by Crippen LogP contribution is -2.35. The summed E-state index contributed by atoms with van der Waals surface area (Å²) in [7, 11) is 0. The van der Waals surface area contributed by atoms with Crippen molar-refractivity contribution in [2.24, 2.45) is 0 Å². The first kappa shape index (κ1) is 19.0. The van der Waals surface area contributed by atoms with Crippen molar-refractivity contribution in [3.63, 3.8) is 0 Å². The monoisotopic (exact) mass is 345 g/mol. The molecule has 0 saturated heterocycles. The molecule has 1 unspecified atom stereocenters. The van der Waals surface area contributed by atoms with Crippen molar-refractivity contribution < 1.29 is 4.79 Å². The number of carbonyl (C=O) groups is 1. The second-order valence-electron chi connectivity index (χ2n) is 6.50. The molecule has 0 aliphatic heterocycles. The maximum Gasteiger partial charge on any atom is 0.328 e. The highest BCUT2D eigenvalue weighted by molar-refractivity contribution is 5.78. The fourth-order valence-corrected chi connectivity index (χ4v) is 2.97. The van der Waals surface area contributed by atoms with E-state index in [1.54, 1.807) is 24.3 Å². The van der Waals surface area contributed by atoms with Gasteiger partial charge < -0.3 is 5.32 Å². The molecule has 2 N–H and O–H groups in total. The van der Waals surface area contributed by atoms with E-state index >= 15 is 0 Å². The molecule has 25 heavy (non-hydrogen) atoms. The molecule has 1 aromatic carbocycles. The van der Waals surface area contributed by atoms with Gasteiger partial charge in [-0.05, 0) is 25.5 Å². The van der Waals surface area contributed by atoms with Gasteiger partial charge >= 0.3 is 5.69 Å². The zero-order valence-electron chi connectivity index (χ0n) is 15.0. The van der Waals surface area contributed by atoms with Crippen LogP contribution < -0.4 is 16.6 Å². The van der Waals surface area contributed by atoms with E-state index in [1.165, 1.54) is 23.8 Å². The fraction of sp³-hybridized carbons (Fsp3) is 0.526. The Morgan fingerprint density at radius 1 is 1.20 bits per heavy atom. The summed E-state index contributed by atoms with van der Waals surface area (Å²) in [4.78, 5) is 38.3. The van der Waals surface area contributed by atoms with Crippen LogP contribution >= 0.6 is 0 Å². The van der Waals surface area contributed by atoms with Crippen LogP contribution in [0.5, 0.6) is 0 Å². The van der Waals surface area contributed by atoms with E-state index in [1.807, 2.05) is 6.92 Å². The Balaban J connectivity index is 1.95. The maximum atomic E-state index is 12.1. The zero-order chi connectivity index (χ0) is 18.2. The highest BCUT2D eigenvalue weighted by Gasteiger charge is 2.10. The van der Waals surface area contributed by atoms with E-state index in [-0.39, 0.29) is 24.9 Å². The average molecular weight is 345 g/mol. The number of hydrogen-bond acceptors (Lipinski definition) is 3. The van der Waals surface area contributed by atoms with Gasteiger partial charge in [0.2, 0.25) is 5.91 Å². The largest absolute Gasteiger partial charge is 0.354 e. The number of fused-ring (bicyclic) bond motifs is 1. The van der Waals surface area contributed by atoms with E-state index < -0.39 is 11.2 Å². The predicted octanol–water partition coefficient (Wildman–Crippen LogP) is 2.56. The number of unbranched alkanes of at least 4 members (excludes halogenated alkanes) is 3. The van der Waals surface area contributed by atoms with Crippen LogP contribution in [0.15, 0.2) is 33.9 Å². The van der Waals surface area contributed by atoms with Gasteiger partial charge in [-0.15, -0.1) is 0 Å². The Morgan fingerprint density at radius 3 is 2.72 bits per heavy atom. The number of aromatic nitrogens is 2. The molecule has 0 spiro atoms. The molecular formula is C19H27N3O3. The Labute approximate surface area is 147 Å². The molecule has 0 aliphatic carbocycles. The summed E-state index contributed by atoms with van der Waals surface area (Å²) in [5, 5.41) is 3.43. The number of nitrogens with one attached hydrogen (secondary N) is 2. The number of para-hydroxylation sites is 1. The van der Waals surface area contributed by atoms with Crippen LogP contribution in [0, 0.1) is 0 Å². The lowest BCUT2D eigenvalue weighted by molar-refractivity contribution is -0.121. The molecule has 1 amide bonds. The summed E-state index contributed by atoms with van der Waals surface area (Å²) in [6, 6.07) is 7.05. The van der Waals surface area contributed by atoms with Gasteiger partial charge in [-0.3, -0.25) is 19.1 Å². The molecule has 0 bridgehead atoms. The van der Waals surface area contributed by atoms with Crippen molar-refractivity contribution in [1.29, 1.82) is 0 Å². The zero-order valence-corrected chi connectivity index (χ0v) is 15.0. The molecule has 6 nitrogen and oxygen atoms in total. The van der Waals surface area contributed by atoms with Crippen molar-refractivity contribution >= 4 is 16.8 Å². The lowest BCUT2D eigenvalue weighted by Gasteiger charge is -2.14. The first-order chi connectivity index (χ1) is 12.0. The first-order valence-corrected chi connectivity index (χ1v) is 9.04. The smallest absolute Gasteiger partial charge is 0.328 e. The molecule has 2 aromatic rings. The summed E-state index contributed by atoms with van der Waals surface area (Å²) in [6.07, 6.45) is 5.89. The van der Waals surface area contributed by atoms with Gasteiger partial charge in [0.05, 0.1) is 10.9 Å². The summed E-state index contributed by atoms with van der Waals surface area (Å²) < 4.78 is 1.45. The third-order valence-corrected chi connectivity index (χ3v) is 4.37. The fourth-order valence-electron chi connectivity index (χ4n) is 2.97. The molecule has 0 fully saturated rings. The van der Waals surface area contributed by atoms with Crippen molar-refractivity contribution in [2.45, 2.75) is 65.0 Å². The summed E-state index contributed by atoms with van der Waals surface area (Å²) in [5.74, 6) is -0.0785. The summed E-state index contributed by atoms with van der Waals surface area (Å²) in [5.41, 5.74) is -0.331. The number of rotatable bonds is 9. The van der Waals surface area contributed by atoms with Gasteiger partial charge in [-0.2, -0.15) is 0 Å². The number of H-pyrrole nitrogens is 1. The minimum atomic E-state index is -0.482. The third kappa shape index (κ3) is 5.31. The molecule has 2 rings (SSSR count). The van der Waals surface area contributed by atoms with E-state index in [9.17, 15) is 14.4 Å². The molecule has 0 aliphatic rings. The quantitative estimate of drug-likeness (QED) is 0.685. The van der Waals surface area contributed by atoms with E-state index in [0.717, 1.165) is 12.8 Å². The van der Waals surface area contributed by atoms with Crippen molar-refractivity contribution in [3.05, 3.63) is 45.1 Å². The second-order valence-corrected chi connectivity index (χ2v) is 6.50. The van der Waals surface area contributed by atoms with Crippen molar-refractivity contribution in [2.75, 3.05) is 0 Å². The number of benzene rings is 1. The van der Waals surface area contributed by atoms with Gasteiger partial charge in [0.25, 0.3) is 5.56 Å². The third-order valence-electron chi connectivity index (χ3n) is 4.37. The van der Waals surface area contributed by atoms with Gasteiger partial charge in [-0.25, -0.2) is 4.79 Å². The molecule has 6 heteroatoms. The van der Waals surface area contributed by atoms with Crippen LogP contribution in [0.25, 0.3) is 10.9 Å². The van der Waals surface area contributed by atoms with Crippen LogP contribution in [0.4, 0.5) is 0 Å². The highest BCUT2D eigenvalue weighted by Crippen LogP contribution is 2.08. The van der Waals surface area contributed by atoms with Crippen LogP contribution in [0.2, 0.25) is 0 Å². The maximum absolute atomic E-state index is 12.1. The van der Waals surface area contributed by atoms with Gasteiger partial charge in [0.15, 0.2) is 0 Å². The molecule has 0 saturated carbocycles. The number of nitrogens with zero attached hydrogens (tertiary/aromatic N) is 1. The summed E-state index contributed by atoms with van der Waals surface area (Å²) in [6.45, 7) is 4.42. The number of hydrogen-bond donors (Lipinski definition) is 2. The first-order valence-electron chi connectivity index (χ1n) is 9.04. The molecular weight excluding hydrogens is 318 g/mol. The van der Waals surface area contributed by atoms with Crippen molar-refractivity contribution in [3.8, 4) is 0 Å². The highest BCUT2D eigenvalue weighted by atomic mass is 16.2. The van der Waals surface area contributed by atoms with Gasteiger partial charge in [0.1, 0.15) is 0 Å². The van der Waals surface area contributed by atoms with Crippen LogP contribution in [0.3, 0.4) is 0 Å². The van der Waals surface area contributed by atoms with Gasteiger partial charge in [-0.1, -0.05) is 44.7 Å². The lowest BCUT2D eigenvalue weighted by atomic mass is 10.1. The Morgan fingerprint density at radius 2 is 1.96 bits per heavy atom. The normalized spacial score (nSPS) is 12.2. The molecule has 0 radical (unpaired) electrons. The van der Waals surface area contributed by atoms with Crippen LogP contribution in [0.1, 0.15) is 52.4 Å². The SMILES string of the molecule is CCCCCCC(C)NC(=O)CCn1c(=O)[nH]c(=O)c2ccccc21. The molecule has 1 heterocycles. The summed E-state index contributed by atoms with van der Waals surface area (Å²) >= 11 is 0. The number of aryl methyl sites for hydroxylation is 1. The molecule has 1 aromatic heterocycles. The number of aromatic amines is 1. The van der Waals surface area contributed by atoms with Gasteiger partial charge in [0, 0.05) is 19.0 Å². The molecule has 136 valence electrons. The van der Waals surface area contributed by atoms with Crippen LogP contribution in [-0.2, 0) is 11.3 Å². The Hall–Kier alpha value is -2.37. The minimum Gasteiger partial charge on any atom is -0.354 e. The molecule has 1 atom stereocenters. The topological polar surface area (TPSA) is 84.0 Å². The van der Waals surface area contributed by atoms with E-state index in [2.05, 4.69) is 17.2 Å². The average Bonchev–Trinajstić information content (AvgIpc) is 2.58. The minimum absolute atomic E-state index is 0.0785. The van der Waals surface area contributed by atoms with E-state index in [4.69, 9.17) is 0 Å². The predicted molar refractivity (Wildman–Crippen MR) is 99.8 cm³/mol. The number of carbonyl (C=O) groups excluding carboxylic acids is 1. The second kappa shape index (κ2) is 9.20. The van der Waals surface area contributed by atoms with Crippen LogP contribution in [-0.4, -0.2) is 21.5 Å². The Bertz CT molecular complexity index is 823. The van der Waals surface area contributed by atoms with Crippen molar-refractivity contribution in [1.82, 2.24) is 14.9 Å². The number of amides is 1. The standard InChI is InChI=1S/C19H27N3O3/c1-3-4-5-6-9-14(2)20-17(23)12-13-22-16-11-8-7-10-15(16)18(24)21-19(22)25/h7-8,10-11,14H,3-6,9,12-13H2,1-2H3,(H,20,23)(H,21,24,25). The Kier molecular flexibility index (Phi) is 6.98.